The third kappa shape index (κ3) is 2.89. The van der Waals surface area contributed by atoms with Crippen molar-refractivity contribution in [2.75, 3.05) is 19.6 Å². The monoisotopic (exact) mass is 402 g/mol. The first-order chi connectivity index (χ1) is 14.5. The molecule has 2 aliphatic rings. The molecule has 2 fully saturated rings. The van der Waals surface area contributed by atoms with Gasteiger partial charge in [-0.2, -0.15) is 0 Å². The molecule has 5 rings (SSSR count). The lowest BCUT2D eigenvalue weighted by molar-refractivity contribution is -0.131. The zero-order valence-corrected chi connectivity index (χ0v) is 16.7. The minimum Gasteiger partial charge on any atom is -0.359 e. The van der Waals surface area contributed by atoms with Crippen LogP contribution in [0.1, 0.15) is 39.1 Å². The van der Waals surface area contributed by atoms with E-state index in [0.717, 1.165) is 23.9 Å². The molecule has 2 aromatic heterocycles. The van der Waals surface area contributed by atoms with E-state index < -0.39 is 17.2 Å². The van der Waals surface area contributed by atoms with Crippen LogP contribution >= 0.6 is 0 Å². The van der Waals surface area contributed by atoms with Crippen molar-refractivity contribution in [2.45, 2.75) is 25.3 Å². The Morgan fingerprint density at radius 2 is 1.83 bits per heavy atom. The zero-order chi connectivity index (χ0) is 20.9. The predicted molar refractivity (Wildman–Crippen MR) is 111 cm³/mol. The second-order valence-electron chi connectivity index (χ2n) is 8.16. The van der Waals surface area contributed by atoms with Crippen molar-refractivity contribution < 1.29 is 14.4 Å². The third-order valence-corrected chi connectivity index (χ3v) is 6.25. The van der Waals surface area contributed by atoms with Gasteiger partial charge >= 0.3 is 0 Å². The summed E-state index contributed by atoms with van der Waals surface area (Å²) in [6, 6.07) is 11.0. The lowest BCUT2D eigenvalue weighted by atomic mass is 10.1. The molecule has 30 heavy (non-hydrogen) atoms. The molecule has 1 aromatic carbocycles. The van der Waals surface area contributed by atoms with Crippen LogP contribution in [-0.2, 0) is 4.79 Å². The van der Waals surface area contributed by atoms with Crippen molar-refractivity contribution in [1.29, 1.82) is 0 Å². The van der Waals surface area contributed by atoms with Gasteiger partial charge in [0.1, 0.15) is 0 Å². The Kier molecular flexibility index (Phi) is 4.20. The fourth-order valence-corrected chi connectivity index (χ4v) is 4.37. The molecule has 7 heteroatoms. The van der Waals surface area contributed by atoms with Crippen LogP contribution in [0, 0.1) is 6.92 Å². The van der Waals surface area contributed by atoms with E-state index in [9.17, 15) is 14.4 Å². The Hall–Kier alpha value is -3.48. The normalized spacial score (nSPS) is 17.4. The van der Waals surface area contributed by atoms with E-state index >= 15 is 0 Å². The summed E-state index contributed by atoms with van der Waals surface area (Å²) in [5, 5.41) is 0. The average Bonchev–Trinajstić information content (AvgIpc) is 3.38. The largest absolute Gasteiger partial charge is 0.359 e. The molecule has 0 radical (unpaired) electrons. The number of carbonyl (C=O) groups excluding carboxylic acids is 3. The first-order valence-electron chi connectivity index (χ1n) is 10.1. The van der Waals surface area contributed by atoms with Gasteiger partial charge < -0.3 is 14.8 Å². The summed E-state index contributed by atoms with van der Waals surface area (Å²) in [5.74, 6) is -1.09. The molecule has 1 N–H and O–H groups in total. The predicted octanol–water partition coefficient (Wildman–Crippen LogP) is 2.57. The van der Waals surface area contributed by atoms with E-state index in [0.29, 0.717) is 36.3 Å². The lowest BCUT2D eigenvalue weighted by Gasteiger charge is -2.41. The summed E-state index contributed by atoms with van der Waals surface area (Å²) in [7, 11) is 0. The van der Waals surface area contributed by atoms with Gasteiger partial charge in [-0.1, -0.05) is 18.2 Å². The highest BCUT2D eigenvalue weighted by molar-refractivity contribution is 6.44. The molecule has 0 unspecified atom stereocenters. The minimum atomic E-state index is -0.548. The lowest BCUT2D eigenvalue weighted by Crippen LogP contribution is -2.59. The van der Waals surface area contributed by atoms with E-state index in [2.05, 4.69) is 9.97 Å². The minimum absolute atomic E-state index is 0.0309. The fraction of sp³-hybridized carbons (Fsp3) is 0.304. The molecule has 0 atom stereocenters. The van der Waals surface area contributed by atoms with E-state index in [1.807, 2.05) is 31.2 Å². The number of piperazine rings is 1. The van der Waals surface area contributed by atoms with Crippen LogP contribution in [0.3, 0.4) is 0 Å². The van der Waals surface area contributed by atoms with E-state index in [4.69, 9.17) is 0 Å². The first-order valence-corrected chi connectivity index (χ1v) is 10.1. The SMILES string of the molecule is Cc1ccnc2c(C(=O)C(=O)N3CCN(C(=O)c4ccccc4)CC34CC4)c[nH]c12. The highest BCUT2D eigenvalue weighted by Gasteiger charge is 2.55. The number of carbonyl (C=O) groups is 3. The van der Waals surface area contributed by atoms with Gasteiger partial charge in [-0.15, -0.1) is 0 Å². The Morgan fingerprint density at radius 3 is 2.57 bits per heavy atom. The molecular weight excluding hydrogens is 380 g/mol. The van der Waals surface area contributed by atoms with E-state index in [1.165, 1.54) is 0 Å². The number of pyridine rings is 1. The highest BCUT2D eigenvalue weighted by Crippen LogP contribution is 2.44. The van der Waals surface area contributed by atoms with Crippen LogP contribution < -0.4 is 0 Å². The van der Waals surface area contributed by atoms with E-state index in [1.54, 1.807) is 34.3 Å². The van der Waals surface area contributed by atoms with Gasteiger partial charge in [0.15, 0.2) is 0 Å². The second-order valence-corrected chi connectivity index (χ2v) is 8.16. The standard InChI is InChI=1S/C23H22N4O3/c1-15-7-10-24-19-17(13-25-18(15)19)20(28)22(30)27-12-11-26(14-23(27)8-9-23)21(29)16-5-3-2-4-6-16/h2-7,10,13,25H,8-9,11-12,14H2,1H3. The number of ketones is 1. The molecule has 152 valence electrons. The van der Waals surface area contributed by atoms with Gasteiger partial charge in [-0.05, 0) is 43.5 Å². The number of aromatic nitrogens is 2. The second kappa shape index (κ2) is 6.79. The maximum atomic E-state index is 13.2. The fourth-order valence-electron chi connectivity index (χ4n) is 4.37. The van der Waals surface area contributed by atoms with Gasteiger partial charge in [0, 0.05) is 37.6 Å². The number of nitrogens with zero attached hydrogens (tertiary/aromatic N) is 3. The summed E-state index contributed by atoms with van der Waals surface area (Å²) in [4.78, 5) is 49.9. The van der Waals surface area contributed by atoms with E-state index in [-0.39, 0.29) is 5.91 Å². The number of amides is 2. The summed E-state index contributed by atoms with van der Waals surface area (Å²) < 4.78 is 0. The van der Waals surface area contributed by atoms with Crippen molar-refractivity contribution >= 4 is 28.6 Å². The first kappa shape index (κ1) is 18.5. The molecule has 1 aliphatic heterocycles. The number of aryl methyl sites for hydroxylation is 1. The quantitative estimate of drug-likeness (QED) is 0.539. The summed E-state index contributed by atoms with van der Waals surface area (Å²) in [6.45, 7) is 3.17. The van der Waals surface area contributed by atoms with Crippen molar-refractivity contribution in [1.82, 2.24) is 19.8 Å². The van der Waals surface area contributed by atoms with Gasteiger partial charge in [0.05, 0.1) is 22.1 Å². The van der Waals surface area contributed by atoms with Crippen molar-refractivity contribution in [2.24, 2.45) is 0 Å². The van der Waals surface area contributed by atoms with Crippen LogP contribution in [-0.4, -0.2) is 62.5 Å². The Balaban J connectivity index is 1.36. The molecule has 1 spiro atoms. The van der Waals surface area contributed by atoms with Gasteiger partial charge in [0.25, 0.3) is 17.6 Å². The Bertz CT molecular complexity index is 1160. The van der Waals surface area contributed by atoms with Gasteiger partial charge in [-0.3, -0.25) is 19.4 Å². The number of Topliss-reactive ketones (excluding diaryl/α,β-unsaturated/α-hetero) is 1. The number of aromatic amines is 1. The highest BCUT2D eigenvalue weighted by atomic mass is 16.2. The number of rotatable bonds is 3. The number of hydrogen-bond acceptors (Lipinski definition) is 4. The number of hydrogen-bond donors (Lipinski definition) is 1. The molecule has 0 bridgehead atoms. The molecule has 7 nitrogen and oxygen atoms in total. The number of fused-ring (bicyclic) bond motifs is 1. The molecule has 2 amide bonds. The van der Waals surface area contributed by atoms with Crippen LogP contribution in [0.15, 0.2) is 48.8 Å². The summed E-state index contributed by atoms with van der Waals surface area (Å²) in [5.41, 5.74) is 2.79. The smallest absolute Gasteiger partial charge is 0.295 e. The molecule has 3 heterocycles. The number of benzene rings is 1. The van der Waals surface area contributed by atoms with Crippen molar-refractivity contribution in [3.63, 3.8) is 0 Å². The van der Waals surface area contributed by atoms with Crippen molar-refractivity contribution in [3.8, 4) is 0 Å². The molecule has 1 saturated carbocycles. The van der Waals surface area contributed by atoms with Gasteiger partial charge in [-0.25, -0.2) is 0 Å². The third-order valence-electron chi connectivity index (χ3n) is 6.25. The number of H-pyrrole nitrogens is 1. The molecular formula is C23H22N4O3. The van der Waals surface area contributed by atoms with Crippen LogP contribution in [0.25, 0.3) is 11.0 Å². The van der Waals surface area contributed by atoms with Gasteiger partial charge in [0.2, 0.25) is 0 Å². The van der Waals surface area contributed by atoms with Crippen molar-refractivity contribution in [3.05, 3.63) is 65.5 Å². The maximum Gasteiger partial charge on any atom is 0.295 e. The van der Waals surface area contributed by atoms with Crippen LogP contribution in [0.2, 0.25) is 0 Å². The topological polar surface area (TPSA) is 86.4 Å². The summed E-state index contributed by atoms with van der Waals surface area (Å²) >= 11 is 0. The molecule has 3 aromatic rings. The molecule has 1 aliphatic carbocycles. The number of nitrogens with one attached hydrogen (secondary N) is 1. The Morgan fingerprint density at radius 1 is 1.07 bits per heavy atom. The Labute approximate surface area is 173 Å². The van der Waals surface area contributed by atoms with Crippen LogP contribution in [0.5, 0.6) is 0 Å². The maximum absolute atomic E-state index is 13.2. The van der Waals surface area contributed by atoms with Crippen LogP contribution in [0.4, 0.5) is 0 Å². The summed E-state index contributed by atoms with van der Waals surface area (Å²) in [6.07, 6.45) is 4.81. The zero-order valence-electron chi connectivity index (χ0n) is 16.7. The molecule has 1 saturated heterocycles. The average molecular weight is 402 g/mol.